The molecule has 1 atom stereocenters. The van der Waals surface area contributed by atoms with Crippen LogP contribution in [-0.4, -0.2) is 10.0 Å². The monoisotopic (exact) mass is 195 g/mol. The third kappa shape index (κ3) is 2.09. The van der Waals surface area contributed by atoms with Gasteiger partial charge in [0.15, 0.2) is 0 Å². The molecule has 1 N–H and O–H groups in total. The number of nitro benzene ring substituents is 1. The molecule has 0 heterocycles. The second-order valence-electron chi connectivity index (χ2n) is 3.43. The minimum Gasteiger partial charge on any atom is -0.385 e. The first-order chi connectivity index (χ1) is 6.47. The molecule has 0 radical (unpaired) electrons. The highest BCUT2D eigenvalue weighted by Gasteiger charge is 2.20. The number of aliphatic hydroxyl groups is 1. The lowest BCUT2D eigenvalue weighted by Crippen LogP contribution is -2.19. The van der Waals surface area contributed by atoms with Gasteiger partial charge < -0.3 is 5.11 Å². The van der Waals surface area contributed by atoms with Gasteiger partial charge in [-0.15, -0.1) is 0 Å². The van der Waals surface area contributed by atoms with Gasteiger partial charge >= 0.3 is 0 Å². The van der Waals surface area contributed by atoms with Gasteiger partial charge in [-0.2, -0.15) is 0 Å². The first kappa shape index (κ1) is 10.7. The Kier molecular flexibility index (Phi) is 2.86. The third-order valence-electron chi connectivity index (χ3n) is 2.39. The van der Waals surface area contributed by atoms with Gasteiger partial charge in [0.05, 0.1) is 10.5 Å². The summed E-state index contributed by atoms with van der Waals surface area (Å²) in [6, 6.07) is 5.97. The maximum Gasteiger partial charge on any atom is 0.269 e. The molecule has 1 aromatic carbocycles. The van der Waals surface area contributed by atoms with Crippen molar-refractivity contribution in [2.45, 2.75) is 25.9 Å². The zero-order valence-electron chi connectivity index (χ0n) is 8.23. The summed E-state index contributed by atoms with van der Waals surface area (Å²) in [5, 5.41) is 20.2. The van der Waals surface area contributed by atoms with Crippen LogP contribution in [0.15, 0.2) is 24.3 Å². The minimum atomic E-state index is -0.908. The van der Waals surface area contributed by atoms with E-state index < -0.39 is 10.5 Å². The van der Waals surface area contributed by atoms with Gasteiger partial charge in [-0.3, -0.25) is 10.1 Å². The van der Waals surface area contributed by atoms with E-state index in [-0.39, 0.29) is 5.69 Å². The molecule has 76 valence electrons. The average molecular weight is 195 g/mol. The summed E-state index contributed by atoms with van der Waals surface area (Å²) >= 11 is 0. The summed E-state index contributed by atoms with van der Waals surface area (Å²) in [6.07, 6.45) is 0.574. The molecular weight excluding hydrogens is 182 g/mol. The molecule has 0 fully saturated rings. The molecule has 1 rings (SSSR count). The Morgan fingerprint density at radius 2 is 1.93 bits per heavy atom. The fourth-order valence-corrected chi connectivity index (χ4v) is 1.15. The lowest BCUT2D eigenvalue weighted by molar-refractivity contribution is -0.384. The fourth-order valence-electron chi connectivity index (χ4n) is 1.15. The SMILES string of the molecule is CCC(C)(O)c1ccc([N+](=O)[O-])cc1. The summed E-state index contributed by atoms with van der Waals surface area (Å²) < 4.78 is 0. The number of benzene rings is 1. The third-order valence-corrected chi connectivity index (χ3v) is 2.39. The normalized spacial score (nSPS) is 14.8. The van der Waals surface area contributed by atoms with E-state index in [2.05, 4.69) is 0 Å². The smallest absolute Gasteiger partial charge is 0.269 e. The average Bonchev–Trinajstić information content (AvgIpc) is 2.18. The van der Waals surface area contributed by atoms with Crippen molar-refractivity contribution in [2.75, 3.05) is 0 Å². The summed E-state index contributed by atoms with van der Waals surface area (Å²) in [7, 11) is 0. The van der Waals surface area contributed by atoms with E-state index in [1.54, 1.807) is 19.1 Å². The topological polar surface area (TPSA) is 63.4 Å². The van der Waals surface area contributed by atoms with Crippen LogP contribution in [0, 0.1) is 10.1 Å². The fraction of sp³-hybridized carbons (Fsp3) is 0.400. The van der Waals surface area contributed by atoms with E-state index in [4.69, 9.17) is 0 Å². The first-order valence-corrected chi connectivity index (χ1v) is 4.44. The van der Waals surface area contributed by atoms with E-state index in [0.29, 0.717) is 12.0 Å². The molecule has 1 unspecified atom stereocenters. The van der Waals surface area contributed by atoms with Crippen LogP contribution < -0.4 is 0 Å². The standard InChI is InChI=1S/C10H13NO3/c1-3-10(2,12)8-4-6-9(7-5-8)11(13)14/h4-7,12H,3H2,1-2H3. The Balaban J connectivity index is 2.99. The molecule has 0 saturated carbocycles. The summed E-state index contributed by atoms with van der Waals surface area (Å²) in [5.41, 5.74) is -0.166. The Labute approximate surface area is 82.3 Å². The highest BCUT2D eigenvalue weighted by Crippen LogP contribution is 2.25. The number of non-ortho nitro benzene ring substituents is 1. The van der Waals surface area contributed by atoms with Crippen LogP contribution in [0.25, 0.3) is 0 Å². The minimum absolute atomic E-state index is 0.0423. The molecule has 0 saturated heterocycles. The van der Waals surface area contributed by atoms with Gasteiger partial charge in [-0.25, -0.2) is 0 Å². The van der Waals surface area contributed by atoms with Crippen molar-refractivity contribution in [1.29, 1.82) is 0 Å². The predicted molar refractivity (Wildman–Crippen MR) is 53.0 cm³/mol. The molecule has 0 amide bonds. The van der Waals surface area contributed by atoms with Gasteiger partial charge in [0.1, 0.15) is 0 Å². The highest BCUT2D eigenvalue weighted by atomic mass is 16.6. The lowest BCUT2D eigenvalue weighted by Gasteiger charge is -2.21. The lowest BCUT2D eigenvalue weighted by atomic mass is 9.93. The molecule has 0 aliphatic carbocycles. The maximum absolute atomic E-state index is 10.4. The van der Waals surface area contributed by atoms with Crippen molar-refractivity contribution in [3.63, 3.8) is 0 Å². The van der Waals surface area contributed by atoms with Crippen LogP contribution in [-0.2, 0) is 5.60 Å². The van der Waals surface area contributed by atoms with Crippen LogP contribution in [0.2, 0.25) is 0 Å². The zero-order valence-corrected chi connectivity index (χ0v) is 8.23. The summed E-state index contributed by atoms with van der Waals surface area (Å²) in [4.78, 5) is 9.92. The number of hydrogen-bond donors (Lipinski definition) is 1. The Hall–Kier alpha value is -1.42. The van der Waals surface area contributed by atoms with E-state index in [0.717, 1.165) is 0 Å². The summed E-state index contributed by atoms with van der Waals surface area (Å²) in [5.74, 6) is 0. The van der Waals surface area contributed by atoms with Crippen LogP contribution >= 0.6 is 0 Å². The molecule has 0 spiro atoms. The maximum atomic E-state index is 10.4. The highest BCUT2D eigenvalue weighted by molar-refractivity contribution is 5.35. The van der Waals surface area contributed by atoms with E-state index >= 15 is 0 Å². The van der Waals surface area contributed by atoms with Crippen LogP contribution in [0.5, 0.6) is 0 Å². The quantitative estimate of drug-likeness (QED) is 0.594. The van der Waals surface area contributed by atoms with Crippen molar-refractivity contribution in [3.8, 4) is 0 Å². The van der Waals surface area contributed by atoms with Gasteiger partial charge in [0.25, 0.3) is 5.69 Å². The Morgan fingerprint density at radius 3 is 2.29 bits per heavy atom. The zero-order chi connectivity index (χ0) is 10.8. The predicted octanol–water partition coefficient (Wildman–Crippen LogP) is 2.21. The molecule has 4 nitrogen and oxygen atoms in total. The summed E-state index contributed by atoms with van der Waals surface area (Å²) in [6.45, 7) is 3.55. The molecule has 0 bridgehead atoms. The molecule has 0 aliphatic rings. The van der Waals surface area contributed by atoms with E-state index in [1.165, 1.54) is 12.1 Å². The van der Waals surface area contributed by atoms with Gasteiger partial charge in [-0.05, 0) is 31.0 Å². The number of hydrogen-bond acceptors (Lipinski definition) is 3. The van der Waals surface area contributed by atoms with Crippen molar-refractivity contribution < 1.29 is 10.0 Å². The van der Waals surface area contributed by atoms with Crippen molar-refractivity contribution >= 4 is 5.69 Å². The molecule has 14 heavy (non-hydrogen) atoms. The first-order valence-electron chi connectivity index (χ1n) is 4.44. The number of rotatable bonds is 3. The molecular formula is C10H13NO3. The van der Waals surface area contributed by atoms with Crippen LogP contribution in [0.3, 0.4) is 0 Å². The second kappa shape index (κ2) is 3.75. The van der Waals surface area contributed by atoms with E-state index in [9.17, 15) is 15.2 Å². The van der Waals surface area contributed by atoms with Crippen LogP contribution in [0.4, 0.5) is 5.69 Å². The number of nitrogens with zero attached hydrogens (tertiary/aromatic N) is 1. The second-order valence-corrected chi connectivity index (χ2v) is 3.43. The van der Waals surface area contributed by atoms with E-state index in [1.807, 2.05) is 6.92 Å². The van der Waals surface area contributed by atoms with Crippen molar-refractivity contribution in [1.82, 2.24) is 0 Å². The van der Waals surface area contributed by atoms with Crippen molar-refractivity contribution in [3.05, 3.63) is 39.9 Å². The van der Waals surface area contributed by atoms with Crippen LogP contribution in [0.1, 0.15) is 25.8 Å². The van der Waals surface area contributed by atoms with Gasteiger partial charge in [-0.1, -0.05) is 6.92 Å². The molecule has 0 aromatic heterocycles. The molecule has 4 heteroatoms. The number of nitro groups is 1. The molecule has 0 aliphatic heterocycles. The van der Waals surface area contributed by atoms with Gasteiger partial charge in [0, 0.05) is 12.1 Å². The van der Waals surface area contributed by atoms with Gasteiger partial charge in [0.2, 0.25) is 0 Å². The molecule has 1 aromatic rings. The Bertz CT molecular complexity index is 330. The Morgan fingerprint density at radius 1 is 1.43 bits per heavy atom. The largest absolute Gasteiger partial charge is 0.385 e. The van der Waals surface area contributed by atoms with Crippen molar-refractivity contribution in [2.24, 2.45) is 0 Å².